The Morgan fingerprint density at radius 3 is 2.20 bits per heavy atom. The number of benzene rings is 1. The number of amides is 1. The minimum absolute atomic E-state index is 0.280. The van der Waals surface area contributed by atoms with Crippen LogP contribution in [0.15, 0.2) is 12.1 Å². The SMILES string of the molecule is COc1cc(C(=O)Nc2nnc(C)s2)cc(OC)c1C. The zero-order valence-electron chi connectivity index (χ0n) is 11.7. The monoisotopic (exact) mass is 293 g/mol. The molecule has 2 aromatic rings. The molecule has 1 N–H and O–H groups in total. The van der Waals surface area contributed by atoms with Gasteiger partial charge in [-0.2, -0.15) is 0 Å². The summed E-state index contributed by atoms with van der Waals surface area (Å²) < 4.78 is 10.5. The zero-order chi connectivity index (χ0) is 14.7. The highest BCUT2D eigenvalue weighted by atomic mass is 32.1. The maximum absolute atomic E-state index is 12.2. The summed E-state index contributed by atoms with van der Waals surface area (Å²) in [7, 11) is 3.11. The molecule has 1 aromatic heterocycles. The van der Waals surface area contributed by atoms with Gasteiger partial charge in [-0.3, -0.25) is 10.1 Å². The van der Waals surface area contributed by atoms with Crippen LogP contribution in [0.4, 0.5) is 5.13 Å². The van der Waals surface area contributed by atoms with Gasteiger partial charge in [0.2, 0.25) is 5.13 Å². The van der Waals surface area contributed by atoms with Gasteiger partial charge in [0.15, 0.2) is 0 Å². The number of aryl methyl sites for hydroxylation is 1. The molecule has 0 unspecified atom stereocenters. The molecule has 0 saturated heterocycles. The number of hydrogen-bond acceptors (Lipinski definition) is 6. The Bertz CT molecular complexity index is 615. The molecule has 0 bridgehead atoms. The van der Waals surface area contributed by atoms with Gasteiger partial charge >= 0.3 is 0 Å². The van der Waals surface area contributed by atoms with Crippen molar-refractivity contribution in [2.24, 2.45) is 0 Å². The number of nitrogens with one attached hydrogen (secondary N) is 1. The van der Waals surface area contributed by atoms with Crippen molar-refractivity contribution >= 4 is 22.4 Å². The highest BCUT2D eigenvalue weighted by molar-refractivity contribution is 7.15. The minimum Gasteiger partial charge on any atom is -0.496 e. The molecular weight excluding hydrogens is 278 g/mol. The van der Waals surface area contributed by atoms with Crippen LogP contribution in [0, 0.1) is 13.8 Å². The van der Waals surface area contributed by atoms with E-state index in [-0.39, 0.29) is 5.91 Å². The van der Waals surface area contributed by atoms with Gasteiger partial charge in [0, 0.05) is 11.1 Å². The quantitative estimate of drug-likeness (QED) is 0.937. The third-order valence-corrected chi connectivity index (χ3v) is 3.52. The summed E-state index contributed by atoms with van der Waals surface area (Å²) in [6.45, 7) is 3.69. The van der Waals surface area contributed by atoms with E-state index in [0.717, 1.165) is 10.6 Å². The van der Waals surface area contributed by atoms with Crippen LogP contribution in [0.25, 0.3) is 0 Å². The van der Waals surface area contributed by atoms with E-state index in [1.165, 1.54) is 11.3 Å². The molecule has 6 nitrogen and oxygen atoms in total. The highest BCUT2D eigenvalue weighted by Crippen LogP contribution is 2.29. The fraction of sp³-hybridized carbons (Fsp3) is 0.308. The molecule has 0 saturated carbocycles. The number of hydrogen-bond donors (Lipinski definition) is 1. The smallest absolute Gasteiger partial charge is 0.257 e. The summed E-state index contributed by atoms with van der Waals surface area (Å²) in [6, 6.07) is 3.34. The number of anilines is 1. The second-order valence-electron chi connectivity index (χ2n) is 4.09. The Morgan fingerprint density at radius 2 is 1.75 bits per heavy atom. The lowest BCUT2D eigenvalue weighted by atomic mass is 10.1. The standard InChI is InChI=1S/C13H15N3O3S/c1-7-10(18-3)5-9(6-11(7)19-4)12(17)14-13-16-15-8(2)20-13/h5-6H,1-4H3,(H,14,16,17). The third kappa shape index (κ3) is 2.88. The molecule has 0 atom stereocenters. The normalized spacial score (nSPS) is 10.2. The Morgan fingerprint density at radius 1 is 1.15 bits per heavy atom. The first-order valence-corrected chi connectivity index (χ1v) is 6.71. The number of rotatable bonds is 4. The average molecular weight is 293 g/mol. The molecule has 0 fully saturated rings. The van der Waals surface area contributed by atoms with Crippen LogP contribution in [0.2, 0.25) is 0 Å². The van der Waals surface area contributed by atoms with E-state index >= 15 is 0 Å². The molecule has 20 heavy (non-hydrogen) atoms. The van der Waals surface area contributed by atoms with Gasteiger partial charge in [-0.15, -0.1) is 10.2 Å². The van der Waals surface area contributed by atoms with E-state index in [1.54, 1.807) is 26.4 Å². The van der Waals surface area contributed by atoms with Crippen LogP contribution in [0.5, 0.6) is 11.5 Å². The lowest BCUT2D eigenvalue weighted by Gasteiger charge is -2.12. The number of nitrogens with zero attached hydrogens (tertiary/aromatic N) is 2. The molecule has 0 aliphatic heterocycles. The van der Waals surface area contributed by atoms with Gasteiger partial charge in [-0.25, -0.2) is 0 Å². The third-order valence-electron chi connectivity index (χ3n) is 2.76. The van der Waals surface area contributed by atoms with E-state index < -0.39 is 0 Å². The molecule has 1 amide bonds. The number of aromatic nitrogens is 2. The van der Waals surface area contributed by atoms with Crippen molar-refractivity contribution in [1.82, 2.24) is 10.2 Å². The van der Waals surface area contributed by atoms with Crippen molar-refractivity contribution < 1.29 is 14.3 Å². The van der Waals surface area contributed by atoms with Crippen LogP contribution in [0.3, 0.4) is 0 Å². The molecule has 2 rings (SSSR count). The predicted octanol–water partition coefficient (Wildman–Crippen LogP) is 2.42. The Kier molecular flexibility index (Phi) is 4.19. The van der Waals surface area contributed by atoms with E-state index in [2.05, 4.69) is 15.5 Å². The minimum atomic E-state index is -0.280. The van der Waals surface area contributed by atoms with E-state index in [4.69, 9.17) is 9.47 Å². The first kappa shape index (κ1) is 14.3. The molecular formula is C13H15N3O3S. The highest BCUT2D eigenvalue weighted by Gasteiger charge is 2.15. The van der Waals surface area contributed by atoms with Crippen LogP contribution in [0.1, 0.15) is 20.9 Å². The molecule has 1 aromatic carbocycles. The van der Waals surface area contributed by atoms with Crippen LogP contribution < -0.4 is 14.8 Å². The van der Waals surface area contributed by atoms with Crippen molar-refractivity contribution in [3.05, 3.63) is 28.3 Å². The summed E-state index contributed by atoms with van der Waals surface area (Å²) >= 11 is 1.32. The molecule has 0 radical (unpaired) electrons. The first-order chi connectivity index (χ1) is 9.55. The number of carbonyl (C=O) groups excluding carboxylic acids is 1. The van der Waals surface area contributed by atoms with Gasteiger partial charge in [-0.05, 0) is 26.0 Å². The van der Waals surface area contributed by atoms with E-state index in [9.17, 15) is 4.79 Å². The Hall–Kier alpha value is -2.15. The lowest BCUT2D eigenvalue weighted by molar-refractivity contribution is 0.102. The Labute approximate surface area is 120 Å². The summed E-state index contributed by atoms with van der Waals surface area (Å²) in [5, 5.41) is 11.7. The summed E-state index contributed by atoms with van der Waals surface area (Å²) in [4.78, 5) is 12.2. The summed E-state index contributed by atoms with van der Waals surface area (Å²) in [5.74, 6) is 0.920. The second-order valence-corrected chi connectivity index (χ2v) is 5.27. The fourth-order valence-electron chi connectivity index (χ4n) is 1.73. The topological polar surface area (TPSA) is 73.3 Å². The predicted molar refractivity (Wildman–Crippen MR) is 76.9 cm³/mol. The van der Waals surface area contributed by atoms with Crippen molar-refractivity contribution in [3.63, 3.8) is 0 Å². The van der Waals surface area contributed by atoms with Crippen molar-refractivity contribution in [2.75, 3.05) is 19.5 Å². The summed E-state index contributed by atoms with van der Waals surface area (Å²) in [6.07, 6.45) is 0. The molecule has 0 aliphatic rings. The maximum atomic E-state index is 12.2. The van der Waals surface area contributed by atoms with Crippen molar-refractivity contribution in [2.45, 2.75) is 13.8 Å². The van der Waals surface area contributed by atoms with E-state index in [0.29, 0.717) is 22.2 Å². The first-order valence-electron chi connectivity index (χ1n) is 5.89. The largest absolute Gasteiger partial charge is 0.496 e. The van der Waals surface area contributed by atoms with Gasteiger partial charge in [-0.1, -0.05) is 11.3 Å². The Balaban J connectivity index is 2.29. The van der Waals surface area contributed by atoms with Gasteiger partial charge in [0.05, 0.1) is 14.2 Å². The van der Waals surface area contributed by atoms with Crippen LogP contribution in [-0.2, 0) is 0 Å². The fourth-order valence-corrected chi connectivity index (χ4v) is 2.32. The van der Waals surface area contributed by atoms with Crippen molar-refractivity contribution in [3.8, 4) is 11.5 Å². The van der Waals surface area contributed by atoms with Crippen LogP contribution in [-0.4, -0.2) is 30.3 Å². The molecule has 0 spiro atoms. The van der Waals surface area contributed by atoms with Crippen LogP contribution >= 0.6 is 11.3 Å². The van der Waals surface area contributed by atoms with Crippen molar-refractivity contribution in [1.29, 1.82) is 0 Å². The summed E-state index contributed by atoms with van der Waals surface area (Å²) in [5.41, 5.74) is 1.29. The molecule has 1 heterocycles. The average Bonchev–Trinajstić information content (AvgIpc) is 2.84. The van der Waals surface area contributed by atoms with Gasteiger partial charge in [0.1, 0.15) is 16.5 Å². The molecule has 106 valence electrons. The number of ether oxygens (including phenoxy) is 2. The van der Waals surface area contributed by atoms with Gasteiger partial charge in [0.25, 0.3) is 5.91 Å². The number of methoxy groups -OCH3 is 2. The number of carbonyl (C=O) groups is 1. The maximum Gasteiger partial charge on any atom is 0.257 e. The van der Waals surface area contributed by atoms with E-state index in [1.807, 2.05) is 13.8 Å². The zero-order valence-corrected chi connectivity index (χ0v) is 12.5. The van der Waals surface area contributed by atoms with Gasteiger partial charge < -0.3 is 9.47 Å². The second kappa shape index (κ2) is 5.87. The molecule has 0 aliphatic carbocycles. The lowest BCUT2D eigenvalue weighted by Crippen LogP contribution is -2.12. The molecule has 7 heteroatoms.